The Bertz CT molecular complexity index is 1200. The fraction of sp³-hybridized carbons (Fsp3) is 0.250. The Balaban J connectivity index is 1.67. The van der Waals surface area contributed by atoms with E-state index < -0.39 is 10.0 Å². The average molecular weight is 480 g/mol. The van der Waals surface area contributed by atoms with Gasteiger partial charge in [0.05, 0.1) is 22.4 Å². The van der Waals surface area contributed by atoms with Crippen LogP contribution in [0.3, 0.4) is 0 Å². The van der Waals surface area contributed by atoms with Crippen molar-refractivity contribution < 1.29 is 13.2 Å². The lowest BCUT2D eigenvalue weighted by molar-refractivity contribution is -0.128. The summed E-state index contributed by atoms with van der Waals surface area (Å²) in [4.78, 5) is 14.4. The van der Waals surface area contributed by atoms with Crippen LogP contribution in [0.2, 0.25) is 5.02 Å². The molecule has 1 amide bonds. The summed E-state index contributed by atoms with van der Waals surface area (Å²) < 4.78 is 24.6. The Morgan fingerprint density at radius 2 is 1.94 bits per heavy atom. The first-order valence-electron chi connectivity index (χ1n) is 9.25. The van der Waals surface area contributed by atoms with Crippen molar-refractivity contribution in [2.45, 2.75) is 29.9 Å². The van der Waals surface area contributed by atoms with Crippen molar-refractivity contribution >= 4 is 39.3 Å². The van der Waals surface area contributed by atoms with E-state index in [9.17, 15) is 13.2 Å². The summed E-state index contributed by atoms with van der Waals surface area (Å²) in [6.07, 6.45) is 1.58. The Morgan fingerprint density at radius 1 is 1.26 bits per heavy atom. The molecule has 0 fully saturated rings. The lowest BCUT2D eigenvalue weighted by atomic mass is 10.1. The number of hydrogen-bond acceptors (Lipinski definition) is 6. The van der Waals surface area contributed by atoms with Crippen LogP contribution in [0.15, 0.2) is 58.8 Å². The molecular weight excluding hydrogens is 458 g/mol. The maximum Gasteiger partial charge on any atom is 0.238 e. The quantitative estimate of drug-likeness (QED) is 0.521. The number of rotatable bonds is 7. The number of sulfonamides is 1. The van der Waals surface area contributed by atoms with Gasteiger partial charge in [-0.05, 0) is 49.2 Å². The minimum Gasteiger partial charge on any atom is -0.338 e. The number of primary sulfonamides is 1. The molecule has 2 N–H and O–H groups in total. The summed E-state index contributed by atoms with van der Waals surface area (Å²) in [6, 6.07) is 11.6. The van der Waals surface area contributed by atoms with Crippen molar-refractivity contribution in [3.05, 3.63) is 64.9 Å². The zero-order valence-electron chi connectivity index (χ0n) is 17.2. The minimum absolute atomic E-state index is 0.0310. The van der Waals surface area contributed by atoms with Gasteiger partial charge in [0.1, 0.15) is 6.33 Å². The maximum atomic E-state index is 12.7. The topological polar surface area (TPSA) is 111 Å². The first-order valence-corrected chi connectivity index (χ1v) is 12.2. The van der Waals surface area contributed by atoms with Crippen LogP contribution in [0.25, 0.3) is 5.69 Å². The third-order valence-corrected chi connectivity index (χ3v) is 7.20. The SMILES string of the molecule is Cc1ccc(-n2cnnc2SCC(=O)N(C)C(C)c2ccc(S(N)(=O)=O)cc2)cc1Cl. The average Bonchev–Trinajstić information content (AvgIpc) is 3.21. The van der Waals surface area contributed by atoms with Crippen molar-refractivity contribution in [2.24, 2.45) is 5.14 Å². The van der Waals surface area contributed by atoms with E-state index in [1.807, 2.05) is 32.0 Å². The van der Waals surface area contributed by atoms with Gasteiger partial charge in [-0.3, -0.25) is 9.36 Å². The Labute approximate surface area is 190 Å². The summed E-state index contributed by atoms with van der Waals surface area (Å²) in [7, 11) is -2.06. The van der Waals surface area contributed by atoms with Crippen LogP contribution in [0, 0.1) is 6.92 Å². The van der Waals surface area contributed by atoms with Crippen molar-refractivity contribution in [1.29, 1.82) is 0 Å². The van der Waals surface area contributed by atoms with Crippen molar-refractivity contribution in [2.75, 3.05) is 12.8 Å². The van der Waals surface area contributed by atoms with Gasteiger partial charge in [0.15, 0.2) is 5.16 Å². The maximum absolute atomic E-state index is 12.7. The molecule has 164 valence electrons. The van der Waals surface area contributed by atoms with Gasteiger partial charge in [-0.15, -0.1) is 10.2 Å². The van der Waals surface area contributed by atoms with Gasteiger partial charge < -0.3 is 4.90 Å². The van der Waals surface area contributed by atoms with Gasteiger partial charge in [-0.1, -0.05) is 41.6 Å². The van der Waals surface area contributed by atoms with Crippen LogP contribution >= 0.6 is 23.4 Å². The van der Waals surface area contributed by atoms with E-state index in [1.165, 1.54) is 23.9 Å². The molecule has 1 heterocycles. The number of hydrogen-bond donors (Lipinski definition) is 1. The monoisotopic (exact) mass is 479 g/mol. The summed E-state index contributed by atoms with van der Waals surface area (Å²) in [5.74, 6) is 0.0542. The minimum atomic E-state index is -3.76. The molecule has 0 saturated carbocycles. The number of nitrogens with zero attached hydrogens (tertiary/aromatic N) is 4. The highest BCUT2D eigenvalue weighted by Crippen LogP contribution is 2.25. The van der Waals surface area contributed by atoms with Crippen LogP contribution in [-0.2, 0) is 14.8 Å². The molecule has 11 heteroatoms. The summed E-state index contributed by atoms with van der Waals surface area (Å²) in [6.45, 7) is 3.79. The number of aromatic nitrogens is 3. The lowest BCUT2D eigenvalue weighted by Crippen LogP contribution is -2.31. The first kappa shape index (κ1) is 23.3. The van der Waals surface area contributed by atoms with E-state index in [4.69, 9.17) is 16.7 Å². The molecule has 0 aliphatic carbocycles. The van der Waals surface area contributed by atoms with Crippen LogP contribution in [0.1, 0.15) is 24.1 Å². The number of benzene rings is 2. The van der Waals surface area contributed by atoms with Crippen molar-refractivity contribution in [1.82, 2.24) is 19.7 Å². The van der Waals surface area contributed by atoms with E-state index in [2.05, 4.69) is 10.2 Å². The molecule has 3 rings (SSSR count). The number of nitrogens with two attached hydrogens (primary N) is 1. The van der Waals surface area contributed by atoms with E-state index in [1.54, 1.807) is 35.0 Å². The molecule has 1 aromatic heterocycles. The molecule has 0 radical (unpaired) electrons. The molecule has 8 nitrogen and oxygen atoms in total. The summed E-state index contributed by atoms with van der Waals surface area (Å²) >= 11 is 7.49. The zero-order valence-corrected chi connectivity index (χ0v) is 19.6. The standard InChI is InChI=1S/C20H22ClN5O3S2/c1-13-4-7-16(10-18(13)21)26-12-23-24-20(26)30-11-19(27)25(3)14(2)15-5-8-17(9-6-15)31(22,28)29/h4-10,12,14H,11H2,1-3H3,(H2,22,28,29). The van der Waals surface area contributed by atoms with Crippen LogP contribution in [-0.4, -0.2) is 46.8 Å². The highest BCUT2D eigenvalue weighted by molar-refractivity contribution is 7.99. The highest BCUT2D eigenvalue weighted by Gasteiger charge is 2.20. The first-order chi connectivity index (χ1) is 14.6. The fourth-order valence-corrected chi connectivity index (χ4v) is 4.38. The van der Waals surface area contributed by atoms with Gasteiger partial charge >= 0.3 is 0 Å². The normalized spacial score (nSPS) is 12.5. The fourth-order valence-electron chi connectivity index (χ4n) is 2.84. The van der Waals surface area contributed by atoms with Gasteiger partial charge in [0, 0.05) is 12.1 Å². The molecule has 1 unspecified atom stereocenters. The number of halogens is 1. The molecule has 0 saturated heterocycles. The number of aryl methyl sites for hydroxylation is 1. The largest absolute Gasteiger partial charge is 0.338 e. The predicted octanol–water partition coefficient (Wildman–Crippen LogP) is 3.19. The van der Waals surface area contributed by atoms with Gasteiger partial charge in [-0.2, -0.15) is 0 Å². The number of carbonyl (C=O) groups excluding carboxylic acids is 1. The van der Waals surface area contributed by atoms with Gasteiger partial charge in [0.2, 0.25) is 15.9 Å². The number of thioether (sulfide) groups is 1. The highest BCUT2D eigenvalue weighted by atomic mass is 35.5. The van der Waals surface area contributed by atoms with Crippen molar-refractivity contribution in [3.63, 3.8) is 0 Å². The second-order valence-electron chi connectivity index (χ2n) is 7.00. The third-order valence-electron chi connectivity index (χ3n) is 4.94. The predicted molar refractivity (Wildman–Crippen MR) is 121 cm³/mol. The summed E-state index contributed by atoms with van der Waals surface area (Å²) in [5.41, 5.74) is 2.58. The Kier molecular flexibility index (Phi) is 7.05. The van der Waals surface area contributed by atoms with E-state index in [0.717, 1.165) is 16.8 Å². The van der Waals surface area contributed by atoms with Gasteiger partial charge in [-0.25, -0.2) is 13.6 Å². The zero-order chi connectivity index (χ0) is 22.8. The molecule has 2 aromatic carbocycles. The van der Waals surface area contributed by atoms with E-state index in [-0.39, 0.29) is 22.6 Å². The smallest absolute Gasteiger partial charge is 0.238 e. The number of amides is 1. The Morgan fingerprint density at radius 3 is 2.55 bits per heavy atom. The molecule has 31 heavy (non-hydrogen) atoms. The molecule has 1 atom stereocenters. The van der Waals surface area contributed by atoms with E-state index in [0.29, 0.717) is 10.2 Å². The van der Waals surface area contributed by atoms with E-state index >= 15 is 0 Å². The molecule has 0 aliphatic rings. The molecule has 0 bridgehead atoms. The van der Waals surface area contributed by atoms with Crippen LogP contribution in [0.4, 0.5) is 0 Å². The molecule has 0 spiro atoms. The lowest BCUT2D eigenvalue weighted by Gasteiger charge is -2.25. The second-order valence-corrected chi connectivity index (χ2v) is 9.91. The van der Waals surface area contributed by atoms with Gasteiger partial charge in [0.25, 0.3) is 0 Å². The molecular formula is C20H22ClN5O3S2. The molecule has 3 aromatic rings. The van der Waals surface area contributed by atoms with Crippen molar-refractivity contribution in [3.8, 4) is 5.69 Å². The number of carbonyl (C=O) groups is 1. The van der Waals surface area contributed by atoms with Crippen LogP contribution in [0.5, 0.6) is 0 Å². The van der Waals surface area contributed by atoms with Crippen LogP contribution < -0.4 is 5.14 Å². The second kappa shape index (κ2) is 9.39. The third kappa shape index (κ3) is 5.45. The summed E-state index contributed by atoms with van der Waals surface area (Å²) in [5, 5.41) is 14.4. The molecule has 0 aliphatic heterocycles. The Hall–Kier alpha value is -2.40.